The fourth-order valence-electron chi connectivity index (χ4n) is 2.39. The van der Waals surface area contributed by atoms with Crippen molar-refractivity contribution in [1.82, 2.24) is 10.6 Å². The molecule has 0 saturated heterocycles. The summed E-state index contributed by atoms with van der Waals surface area (Å²) in [6.45, 7) is 8.74. The largest absolute Gasteiger partial charge is 0.383 e. The average Bonchev–Trinajstić information content (AvgIpc) is 2.54. The Morgan fingerprint density at radius 1 is 1.35 bits per heavy atom. The van der Waals surface area contributed by atoms with Crippen molar-refractivity contribution in [3.8, 4) is 0 Å². The first-order chi connectivity index (χ1) is 11.0. The summed E-state index contributed by atoms with van der Waals surface area (Å²) in [5.74, 6) is 0.478. The van der Waals surface area contributed by atoms with Crippen molar-refractivity contribution < 1.29 is 9.13 Å². The van der Waals surface area contributed by atoms with E-state index in [1.165, 1.54) is 0 Å². The topological polar surface area (TPSA) is 48.9 Å². The minimum absolute atomic E-state index is 0.146. The molecule has 2 N–H and O–H groups in total. The van der Waals surface area contributed by atoms with E-state index in [4.69, 9.17) is 4.74 Å². The fourth-order valence-corrected chi connectivity index (χ4v) is 2.39. The van der Waals surface area contributed by atoms with Gasteiger partial charge in [0, 0.05) is 39.8 Å². The van der Waals surface area contributed by atoms with E-state index in [0.717, 1.165) is 18.7 Å². The first-order valence-electron chi connectivity index (χ1n) is 8.05. The Labute approximate surface area is 138 Å². The molecule has 0 fully saturated rings. The number of halogens is 1. The second-order valence-electron chi connectivity index (χ2n) is 5.38. The SMILES string of the molecule is CCN(CC)c1ccc(CNC(=NC)NC(C)COC)cc1F. The van der Waals surface area contributed by atoms with Crippen LogP contribution in [0.3, 0.4) is 0 Å². The molecule has 23 heavy (non-hydrogen) atoms. The van der Waals surface area contributed by atoms with Crippen molar-refractivity contribution in [2.75, 3.05) is 38.8 Å². The van der Waals surface area contributed by atoms with Gasteiger partial charge >= 0.3 is 0 Å². The van der Waals surface area contributed by atoms with Crippen molar-refractivity contribution >= 4 is 11.6 Å². The molecule has 1 atom stereocenters. The molecule has 0 aliphatic heterocycles. The smallest absolute Gasteiger partial charge is 0.191 e. The molecule has 1 unspecified atom stereocenters. The molecular formula is C17H29FN4O. The highest BCUT2D eigenvalue weighted by Gasteiger charge is 2.10. The summed E-state index contributed by atoms with van der Waals surface area (Å²) in [7, 11) is 3.37. The Hall–Kier alpha value is -1.82. The lowest BCUT2D eigenvalue weighted by Crippen LogP contribution is -2.43. The molecule has 0 saturated carbocycles. The molecule has 0 amide bonds. The Balaban J connectivity index is 2.65. The quantitative estimate of drug-likeness (QED) is 0.569. The van der Waals surface area contributed by atoms with Crippen LogP contribution < -0.4 is 15.5 Å². The van der Waals surface area contributed by atoms with Crippen molar-refractivity contribution in [2.45, 2.75) is 33.4 Å². The van der Waals surface area contributed by atoms with Gasteiger partial charge in [0.05, 0.1) is 12.3 Å². The van der Waals surface area contributed by atoms with Crippen molar-refractivity contribution in [1.29, 1.82) is 0 Å². The molecule has 0 heterocycles. The first-order valence-corrected chi connectivity index (χ1v) is 8.05. The molecule has 0 aliphatic carbocycles. The molecule has 130 valence electrons. The molecule has 5 nitrogen and oxygen atoms in total. The minimum Gasteiger partial charge on any atom is -0.383 e. The molecule has 1 aromatic rings. The number of hydrogen-bond acceptors (Lipinski definition) is 3. The van der Waals surface area contributed by atoms with E-state index in [1.807, 2.05) is 37.8 Å². The molecule has 0 aromatic heterocycles. The molecular weight excluding hydrogens is 295 g/mol. The van der Waals surface area contributed by atoms with Gasteiger partial charge in [-0.25, -0.2) is 4.39 Å². The number of guanidine groups is 1. The summed E-state index contributed by atoms with van der Waals surface area (Å²) in [6.07, 6.45) is 0. The maximum atomic E-state index is 14.3. The van der Waals surface area contributed by atoms with Gasteiger partial charge in [-0.2, -0.15) is 0 Å². The Morgan fingerprint density at radius 2 is 2.04 bits per heavy atom. The second kappa shape index (κ2) is 10.0. The third-order valence-electron chi connectivity index (χ3n) is 3.60. The highest BCUT2D eigenvalue weighted by molar-refractivity contribution is 5.79. The van der Waals surface area contributed by atoms with Crippen LogP contribution in [0.4, 0.5) is 10.1 Å². The first kappa shape index (κ1) is 19.2. The van der Waals surface area contributed by atoms with Gasteiger partial charge in [0.25, 0.3) is 0 Å². The highest BCUT2D eigenvalue weighted by atomic mass is 19.1. The van der Waals surface area contributed by atoms with E-state index in [2.05, 4.69) is 15.6 Å². The van der Waals surface area contributed by atoms with Gasteiger partial charge in [0.2, 0.25) is 0 Å². The van der Waals surface area contributed by atoms with E-state index in [0.29, 0.717) is 24.8 Å². The maximum Gasteiger partial charge on any atom is 0.191 e. The number of anilines is 1. The van der Waals surface area contributed by atoms with Gasteiger partial charge in [0.15, 0.2) is 5.96 Å². The number of nitrogens with one attached hydrogen (secondary N) is 2. The van der Waals surface area contributed by atoms with E-state index in [1.54, 1.807) is 20.2 Å². The van der Waals surface area contributed by atoms with Crippen LogP contribution in [0.1, 0.15) is 26.3 Å². The van der Waals surface area contributed by atoms with Gasteiger partial charge < -0.3 is 20.3 Å². The third-order valence-corrected chi connectivity index (χ3v) is 3.60. The molecule has 0 radical (unpaired) electrons. The maximum absolute atomic E-state index is 14.3. The standard InChI is InChI=1S/C17H29FN4O/c1-6-22(7-2)16-9-8-14(10-15(16)18)11-20-17(19-4)21-13(3)12-23-5/h8-10,13H,6-7,11-12H2,1-5H3,(H2,19,20,21). The number of aliphatic imine (C=N–C) groups is 1. The molecule has 0 bridgehead atoms. The summed E-state index contributed by atoms with van der Waals surface area (Å²) in [4.78, 5) is 6.16. The van der Waals surface area contributed by atoms with Crippen LogP contribution in [0, 0.1) is 5.82 Å². The van der Waals surface area contributed by atoms with Crippen molar-refractivity contribution in [2.24, 2.45) is 4.99 Å². The molecule has 1 rings (SSSR count). The average molecular weight is 324 g/mol. The van der Waals surface area contributed by atoms with Crippen LogP contribution >= 0.6 is 0 Å². The lowest BCUT2D eigenvalue weighted by Gasteiger charge is -2.22. The number of ether oxygens (including phenoxy) is 1. The normalized spacial score (nSPS) is 12.9. The molecule has 1 aromatic carbocycles. The minimum atomic E-state index is -0.191. The zero-order valence-corrected chi connectivity index (χ0v) is 14.8. The van der Waals surface area contributed by atoms with Gasteiger partial charge in [-0.05, 0) is 38.5 Å². The van der Waals surface area contributed by atoms with Gasteiger partial charge in [-0.3, -0.25) is 4.99 Å². The number of benzene rings is 1. The van der Waals surface area contributed by atoms with Crippen molar-refractivity contribution in [3.05, 3.63) is 29.6 Å². The lowest BCUT2D eigenvalue weighted by atomic mass is 10.2. The number of rotatable bonds is 8. The van der Waals surface area contributed by atoms with Crippen molar-refractivity contribution in [3.63, 3.8) is 0 Å². The van der Waals surface area contributed by atoms with E-state index in [9.17, 15) is 4.39 Å². The van der Waals surface area contributed by atoms with Gasteiger partial charge in [0.1, 0.15) is 5.82 Å². The summed E-state index contributed by atoms with van der Waals surface area (Å²) >= 11 is 0. The Kier molecular flexibility index (Phi) is 8.40. The molecule has 6 heteroatoms. The van der Waals surface area contributed by atoms with Crippen LogP contribution in [-0.4, -0.2) is 45.9 Å². The fraction of sp³-hybridized carbons (Fsp3) is 0.588. The van der Waals surface area contributed by atoms with Gasteiger partial charge in [-0.1, -0.05) is 6.07 Å². The van der Waals surface area contributed by atoms with Gasteiger partial charge in [-0.15, -0.1) is 0 Å². The van der Waals surface area contributed by atoms with E-state index < -0.39 is 0 Å². The molecule has 0 aliphatic rings. The zero-order chi connectivity index (χ0) is 17.2. The summed E-state index contributed by atoms with van der Waals surface area (Å²) in [6, 6.07) is 5.50. The third kappa shape index (κ3) is 6.06. The summed E-state index contributed by atoms with van der Waals surface area (Å²) in [5, 5.41) is 6.39. The van der Waals surface area contributed by atoms with E-state index in [-0.39, 0.29) is 11.9 Å². The van der Waals surface area contributed by atoms with Crippen LogP contribution in [0.15, 0.2) is 23.2 Å². The van der Waals surface area contributed by atoms with Crippen LogP contribution in [0.25, 0.3) is 0 Å². The predicted octanol–water partition coefficient (Wildman–Crippen LogP) is 2.37. The van der Waals surface area contributed by atoms with Crippen LogP contribution in [-0.2, 0) is 11.3 Å². The number of nitrogens with zero attached hydrogens (tertiary/aromatic N) is 2. The lowest BCUT2D eigenvalue weighted by molar-refractivity contribution is 0.179. The summed E-state index contributed by atoms with van der Waals surface area (Å²) < 4.78 is 19.3. The Morgan fingerprint density at radius 3 is 2.57 bits per heavy atom. The van der Waals surface area contributed by atoms with E-state index >= 15 is 0 Å². The number of methoxy groups -OCH3 is 1. The van der Waals surface area contributed by atoms with Crippen LogP contribution in [0.2, 0.25) is 0 Å². The monoisotopic (exact) mass is 324 g/mol. The predicted molar refractivity (Wildman–Crippen MR) is 94.6 cm³/mol. The zero-order valence-electron chi connectivity index (χ0n) is 14.8. The molecule has 0 spiro atoms. The Bertz CT molecular complexity index is 503. The second-order valence-corrected chi connectivity index (χ2v) is 5.38. The number of hydrogen-bond donors (Lipinski definition) is 2. The van der Waals surface area contributed by atoms with Crippen LogP contribution in [0.5, 0.6) is 0 Å². The highest BCUT2D eigenvalue weighted by Crippen LogP contribution is 2.20. The summed E-state index contributed by atoms with van der Waals surface area (Å²) in [5.41, 5.74) is 1.52.